The quantitative estimate of drug-likeness (QED) is 0.430. The molecule has 26 heavy (non-hydrogen) atoms. The van der Waals surface area contributed by atoms with Gasteiger partial charge in [0.05, 0.1) is 32.0 Å². The Morgan fingerprint density at radius 3 is 1.92 bits per heavy atom. The molecule has 0 aromatic carbocycles. The third-order valence-electron chi connectivity index (χ3n) is 4.10. The van der Waals surface area contributed by atoms with Crippen molar-refractivity contribution in [2.75, 3.05) is 39.5 Å². The maximum atomic E-state index is 12.3. The third-order valence-corrected chi connectivity index (χ3v) is 4.10. The van der Waals surface area contributed by atoms with Gasteiger partial charge in [-0.1, -0.05) is 34.6 Å². The molecule has 154 valence electrons. The average Bonchev–Trinajstić information content (AvgIpc) is 2.51. The first-order valence-corrected chi connectivity index (χ1v) is 9.67. The van der Waals surface area contributed by atoms with Gasteiger partial charge in [0, 0.05) is 37.4 Å². The fourth-order valence-electron chi connectivity index (χ4n) is 2.18. The summed E-state index contributed by atoms with van der Waals surface area (Å²) in [4.78, 5) is 24.2. The van der Waals surface area contributed by atoms with Crippen LogP contribution in [0.25, 0.3) is 0 Å². The lowest BCUT2D eigenvalue weighted by molar-refractivity contribution is -0.128. The normalized spacial score (nSPS) is 12.6. The molecule has 0 fully saturated rings. The van der Waals surface area contributed by atoms with E-state index in [-0.39, 0.29) is 17.0 Å². The summed E-state index contributed by atoms with van der Waals surface area (Å²) in [6.45, 7) is 17.0. The van der Waals surface area contributed by atoms with Crippen molar-refractivity contribution in [2.24, 2.45) is 5.41 Å². The molecule has 2 N–H and O–H groups in total. The maximum Gasteiger partial charge on any atom is 0.154 e. The highest BCUT2D eigenvalue weighted by molar-refractivity contribution is 5.88. The number of carbonyl (C=O) groups excluding carboxylic acids is 2. The first-order chi connectivity index (χ1) is 12.0. The molecule has 0 aromatic rings. The Morgan fingerprint density at radius 1 is 0.808 bits per heavy atom. The fourth-order valence-corrected chi connectivity index (χ4v) is 2.18. The minimum Gasteiger partial charge on any atom is -0.379 e. The van der Waals surface area contributed by atoms with E-state index >= 15 is 0 Å². The highest BCUT2D eigenvalue weighted by Crippen LogP contribution is 2.16. The molecule has 0 atom stereocenters. The van der Waals surface area contributed by atoms with Crippen molar-refractivity contribution in [3.63, 3.8) is 0 Å². The molecule has 0 aliphatic rings. The van der Waals surface area contributed by atoms with Gasteiger partial charge in [-0.15, -0.1) is 0 Å². The molecule has 0 heterocycles. The SMILES string of the molecule is CC(C)NCCOCCOCCC(=O)C(C)(C)NCCC(=O)C(C)(C)C. The van der Waals surface area contributed by atoms with Crippen LogP contribution in [0.1, 0.15) is 61.3 Å². The molecule has 0 amide bonds. The van der Waals surface area contributed by atoms with E-state index in [9.17, 15) is 9.59 Å². The second kappa shape index (κ2) is 12.5. The van der Waals surface area contributed by atoms with Crippen LogP contribution in [-0.2, 0) is 19.1 Å². The van der Waals surface area contributed by atoms with Crippen LogP contribution in [0.2, 0.25) is 0 Å². The Labute approximate surface area is 159 Å². The van der Waals surface area contributed by atoms with Gasteiger partial charge < -0.3 is 20.1 Å². The van der Waals surface area contributed by atoms with Gasteiger partial charge in [-0.2, -0.15) is 0 Å². The van der Waals surface area contributed by atoms with Crippen molar-refractivity contribution in [1.29, 1.82) is 0 Å². The van der Waals surface area contributed by atoms with Gasteiger partial charge >= 0.3 is 0 Å². The van der Waals surface area contributed by atoms with E-state index in [4.69, 9.17) is 9.47 Å². The number of hydrogen-bond donors (Lipinski definition) is 2. The molecule has 6 heteroatoms. The first-order valence-electron chi connectivity index (χ1n) is 9.67. The van der Waals surface area contributed by atoms with Gasteiger partial charge in [0.25, 0.3) is 0 Å². The van der Waals surface area contributed by atoms with Gasteiger partial charge in [0.2, 0.25) is 0 Å². The van der Waals surface area contributed by atoms with Crippen molar-refractivity contribution in [1.82, 2.24) is 10.6 Å². The van der Waals surface area contributed by atoms with Crippen LogP contribution in [0.15, 0.2) is 0 Å². The Kier molecular flexibility index (Phi) is 12.2. The summed E-state index contributed by atoms with van der Waals surface area (Å²) in [6, 6.07) is 0.462. The molecule has 0 aromatic heterocycles. The smallest absolute Gasteiger partial charge is 0.154 e. The number of Topliss-reactive ketones (excluding diaryl/α,β-unsaturated/α-hetero) is 2. The summed E-state index contributed by atoms with van der Waals surface area (Å²) in [7, 11) is 0. The zero-order valence-electron chi connectivity index (χ0n) is 17.9. The molecular weight excluding hydrogens is 332 g/mol. The lowest BCUT2D eigenvalue weighted by atomic mass is 9.88. The fraction of sp³-hybridized carbons (Fsp3) is 0.900. The molecule has 0 bridgehead atoms. The summed E-state index contributed by atoms with van der Waals surface area (Å²) in [6.07, 6.45) is 0.780. The van der Waals surface area contributed by atoms with E-state index < -0.39 is 5.54 Å². The van der Waals surface area contributed by atoms with Crippen LogP contribution in [0.3, 0.4) is 0 Å². The molecule has 0 saturated carbocycles. The predicted octanol–water partition coefficient (Wildman–Crippen LogP) is 2.35. The van der Waals surface area contributed by atoms with Gasteiger partial charge in [-0.25, -0.2) is 0 Å². The number of ether oxygens (including phenoxy) is 2. The highest BCUT2D eigenvalue weighted by atomic mass is 16.5. The molecule has 0 aliphatic heterocycles. The molecule has 0 saturated heterocycles. The third kappa shape index (κ3) is 12.5. The molecule has 0 spiro atoms. The highest BCUT2D eigenvalue weighted by Gasteiger charge is 2.27. The monoisotopic (exact) mass is 372 g/mol. The van der Waals surface area contributed by atoms with Crippen molar-refractivity contribution < 1.29 is 19.1 Å². The van der Waals surface area contributed by atoms with Gasteiger partial charge in [0.15, 0.2) is 5.78 Å². The predicted molar refractivity (Wildman–Crippen MR) is 106 cm³/mol. The van der Waals surface area contributed by atoms with E-state index in [0.29, 0.717) is 51.9 Å². The Morgan fingerprint density at radius 2 is 1.38 bits per heavy atom. The average molecular weight is 373 g/mol. The second-order valence-electron chi connectivity index (χ2n) is 8.48. The topological polar surface area (TPSA) is 76.7 Å². The van der Waals surface area contributed by atoms with E-state index in [1.807, 2.05) is 34.6 Å². The van der Waals surface area contributed by atoms with Gasteiger partial charge in [0.1, 0.15) is 5.78 Å². The minimum absolute atomic E-state index is 0.0859. The number of carbonyl (C=O) groups is 2. The summed E-state index contributed by atoms with van der Waals surface area (Å²) < 4.78 is 10.9. The van der Waals surface area contributed by atoms with Crippen LogP contribution in [0.4, 0.5) is 0 Å². The Hall–Kier alpha value is -0.820. The molecule has 0 radical (unpaired) electrons. The Bertz CT molecular complexity index is 415. The Balaban J connectivity index is 3.78. The lowest BCUT2D eigenvalue weighted by Crippen LogP contribution is -2.48. The largest absolute Gasteiger partial charge is 0.379 e. The van der Waals surface area contributed by atoms with Crippen LogP contribution in [0.5, 0.6) is 0 Å². The maximum absolute atomic E-state index is 12.3. The number of rotatable bonds is 15. The molecule has 0 unspecified atom stereocenters. The molecule has 0 rings (SSSR count). The summed E-state index contributed by atoms with van der Waals surface area (Å²) in [5.74, 6) is 0.280. The second-order valence-corrected chi connectivity index (χ2v) is 8.48. The zero-order chi connectivity index (χ0) is 20.2. The number of nitrogens with one attached hydrogen (secondary N) is 2. The number of ketones is 2. The van der Waals surface area contributed by atoms with Crippen molar-refractivity contribution in [3.05, 3.63) is 0 Å². The standard InChI is InChI=1S/C20H40N2O4/c1-16(2)21-11-13-26-15-14-25-12-9-18(24)20(6,7)22-10-8-17(23)19(3,4)5/h16,21-22H,8-15H2,1-7H3. The molecular formula is C20H40N2O4. The summed E-state index contributed by atoms with van der Waals surface area (Å²) in [5, 5.41) is 6.46. The summed E-state index contributed by atoms with van der Waals surface area (Å²) >= 11 is 0. The van der Waals surface area contributed by atoms with Gasteiger partial charge in [-0.3, -0.25) is 9.59 Å². The van der Waals surface area contributed by atoms with E-state index in [0.717, 1.165) is 6.54 Å². The minimum atomic E-state index is -0.652. The van der Waals surface area contributed by atoms with E-state index in [1.165, 1.54) is 0 Å². The number of hydrogen-bond acceptors (Lipinski definition) is 6. The summed E-state index contributed by atoms with van der Waals surface area (Å²) in [5.41, 5.74) is -0.989. The van der Waals surface area contributed by atoms with Crippen LogP contribution >= 0.6 is 0 Å². The van der Waals surface area contributed by atoms with Crippen LogP contribution < -0.4 is 10.6 Å². The molecule has 0 aliphatic carbocycles. The molecule has 6 nitrogen and oxygen atoms in total. The van der Waals surface area contributed by atoms with Crippen molar-refractivity contribution >= 4 is 11.6 Å². The first kappa shape index (κ1) is 25.2. The van der Waals surface area contributed by atoms with Crippen LogP contribution in [-0.4, -0.2) is 62.7 Å². The van der Waals surface area contributed by atoms with E-state index in [2.05, 4.69) is 24.5 Å². The van der Waals surface area contributed by atoms with Crippen molar-refractivity contribution in [2.45, 2.75) is 72.9 Å². The lowest BCUT2D eigenvalue weighted by Gasteiger charge is -2.26. The van der Waals surface area contributed by atoms with Crippen molar-refractivity contribution in [3.8, 4) is 0 Å². The van der Waals surface area contributed by atoms with Gasteiger partial charge in [-0.05, 0) is 13.8 Å². The van der Waals surface area contributed by atoms with E-state index in [1.54, 1.807) is 0 Å². The zero-order valence-corrected chi connectivity index (χ0v) is 17.9. The van der Waals surface area contributed by atoms with Crippen LogP contribution in [0, 0.1) is 5.41 Å².